The highest BCUT2D eigenvalue weighted by Crippen LogP contribution is 2.34. The lowest BCUT2D eigenvalue weighted by Gasteiger charge is -2.43. The molecule has 0 radical (unpaired) electrons. The van der Waals surface area contributed by atoms with Crippen LogP contribution in [-0.2, 0) is 57.8 Å². The van der Waals surface area contributed by atoms with Crippen LogP contribution in [0.1, 0.15) is 40.4 Å². The molecule has 5 heterocycles. The first-order valence-corrected chi connectivity index (χ1v) is 20.9. The molecule has 7 rings (SSSR count). The second-order valence-corrected chi connectivity index (χ2v) is 16.4. The average Bonchev–Trinajstić information content (AvgIpc) is 3.97. The molecule has 63 heavy (non-hydrogen) atoms. The first-order chi connectivity index (χ1) is 30.2. The predicted molar refractivity (Wildman–Crippen MR) is 224 cm³/mol. The lowest BCUT2D eigenvalue weighted by Crippen LogP contribution is -2.64. The van der Waals surface area contributed by atoms with Crippen molar-refractivity contribution in [1.29, 1.82) is 0 Å². The molecule has 2 N–H and O–H groups in total. The standard InChI is InChI=1S/C42H48N6O14S/c1-23(49)58-34-35(59-24(2)50)37(60-25(3)51)39(61-36(34)38(52)54-6)57-22-42(4,5)32-20-33(46-62-32)45-40(53)43-27-9-7-26(8-10-27)29-21-48-30-12-11-28(19-31(30)63-41(48)44-29)56-18-15-47-13-16-55-17-14-47/h7-12,19-21,34-37,39H,13-18,22H2,1-6H3,(H2,43,45,46,53). The molecule has 336 valence electrons. The van der Waals surface area contributed by atoms with E-state index in [-0.39, 0.29) is 18.2 Å². The Morgan fingerprint density at radius 1 is 0.889 bits per heavy atom. The molecule has 0 saturated carbocycles. The number of nitrogens with one attached hydrogen (secondary N) is 2. The van der Waals surface area contributed by atoms with Crippen molar-refractivity contribution in [3.05, 3.63) is 60.5 Å². The van der Waals surface area contributed by atoms with Gasteiger partial charge in [0, 0.05) is 69.3 Å². The van der Waals surface area contributed by atoms with Crippen molar-refractivity contribution in [2.45, 2.75) is 70.7 Å². The molecule has 2 aliphatic heterocycles. The Hall–Kier alpha value is -6.13. The first kappa shape index (κ1) is 44.9. The molecule has 2 fully saturated rings. The molecule has 3 aromatic heterocycles. The van der Waals surface area contributed by atoms with Crippen LogP contribution in [0.2, 0.25) is 0 Å². The van der Waals surface area contributed by atoms with E-state index < -0.39 is 66.0 Å². The number of benzene rings is 2. The number of imidazole rings is 1. The SMILES string of the molecule is COC(=O)C1OC(OCC(C)(C)c2cc(NC(=O)Nc3ccc(-c4cn5c(n4)sc4cc(OCCN6CCOCC6)ccc45)cc3)no2)C(OC(C)=O)C(OC(C)=O)C1OC(C)=O. The lowest BCUT2D eigenvalue weighted by molar-refractivity contribution is -0.303. The number of esters is 4. The van der Waals surface area contributed by atoms with Gasteiger partial charge in [0.15, 0.2) is 41.5 Å². The molecule has 2 amide bonds. The molecule has 21 heteroatoms. The van der Waals surface area contributed by atoms with Gasteiger partial charge < -0.3 is 47.7 Å². The van der Waals surface area contributed by atoms with Gasteiger partial charge in [-0.25, -0.2) is 14.6 Å². The summed E-state index contributed by atoms with van der Waals surface area (Å²) in [4.78, 5) is 70.1. The average molecular weight is 893 g/mol. The van der Waals surface area contributed by atoms with Gasteiger partial charge in [-0.2, -0.15) is 0 Å². The summed E-state index contributed by atoms with van der Waals surface area (Å²) in [5.41, 5.74) is 2.22. The highest BCUT2D eigenvalue weighted by atomic mass is 32.1. The number of amides is 2. The largest absolute Gasteiger partial charge is 0.492 e. The van der Waals surface area contributed by atoms with Gasteiger partial charge in [0.2, 0.25) is 0 Å². The van der Waals surface area contributed by atoms with E-state index >= 15 is 0 Å². The topological polar surface area (TPSA) is 230 Å². The van der Waals surface area contributed by atoms with E-state index in [9.17, 15) is 24.0 Å². The number of carbonyl (C=O) groups is 5. The predicted octanol–water partition coefficient (Wildman–Crippen LogP) is 4.55. The molecule has 2 aliphatic rings. The van der Waals surface area contributed by atoms with Gasteiger partial charge in [-0.1, -0.05) is 42.5 Å². The number of methoxy groups -OCH3 is 1. The molecule has 0 spiro atoms. The number of urea groups is 1. The van der Waals surface area contributed by atoms with Crippen LogP contribution in [0, 0.1) is 0 Å². The van der Waals surface area contributed by atoms with Crippen LogP contribution < -0.4 is 15.4 Å². The van der Waals surface area contributed by atoms with E-state index in [1.807, 2.05) is 36.5 Å². The zero-order valence-corrected chi connectivity index (χ0v) is 36.3. The van der Waals surface area contributed by atoms with Gasteiger partial charge in [-0.15, -0.1) is 0 Å². The Balaban J connectivity index is 0.947. The quantitative estimate of drug-likeness (QED) is 0.109. The van der Waals surface area contributed by atoms with Crippen molar-refractivity contribution in [2.75, 3.05) is 63.8 Å². The summed E-state index contributed by atoms with van der Waals surface area (Å²) >= 11 is 1.58. The number of thiazole rings is 1. The number of anilines is 2. The molecule has 5 unspecified atom stereocenters. The Kier molecular flexibility index (Phi) is 13.9. The van der Waals surface area contributed by atoms with Gasteiger partial charge in [-0.05, 0) is 30.3 Å². The fourth-order valence-electron chi connectivity index (χ4n) is 7.06. The number of hydrogen-bond acceptors (Lipinski definition) is 18. The Morgan fingerprint density at radius 3 is 2.29 bits per heavy atom. The molecule has 5 atom stereocenters. The van der Waals surface area contributed by atoms with Gasteiger partial charge >= 0.3 is 29.9 Å². The summed E-state index contributed by atoms with van der Waals surface area (Å²) in [5.74, 6) is -2.20. The van der Waals surface area contributed by atoms with Crippen molar-refractivity contribution in [3.8, 4) is 17.0 Å². The number of carbonyl (C=O) groups excluding carboxylic acids is 5. The fourth-order valence-corrected chi connectivity index (χ4v) is 8.10. The minimum Gasteiger partial charge on any atom is -0.492 e. The minimum absolute atomic E-state index is 0.0979. The van der Waals surface area contributed by atoms with E-state index in [4.69, 9.17) is 47.4 Å². The van der Waals surface area contributed by atoms with Crippen LogP contribution >= 0.6 is 11.3 Å². The normalized spacial score (nSPS) is 20.5. The van der Waals surface area contributed by atoms with Crippen LogP contribution in [0.15, 0.2) is 59.3 Å². The number of fused-ring (bicyclic) bond motifs is 3. The van der Waals surface area contributed by atoms with Gasteiger partial charge in [0.25, 0.3) is 0 Å². The zero-order valence-electron chi connectivity index (χ0n) is 35.4. The van der Waals surface area contributed by atoms with E-state index in [1.54, 1.807) is 37.3 Å². The lowest BCUT2D eigenvalue weighted by atomic mass is 9.91. The van der Waals surface area contributed by atoms with Crippen molar-refractivity contribution < 1.29 is 66.4 Å². The second kappa shape index (κ2) is 19.5. The molecule has 2 aromatic carbocycles. The van der Waals surface area contributed by atoms with E-state index in [0.29, 0.717) is 12.3 Å². The summed E-state index contributed by atoms with van der Waals surface area (Å²) in [6.07, 6.45) is -5.66. The Bertz CT molecular complexity index is 2440. The van der Waals surface area contributed by atoms with Crippen LogP contribution in [0.4, 0.5) is 16.3 Å². The molecule has 0 bridgehead atoms. The van der Waals surface area contributed by atoms with Gasteiger partial charge in [-0.3, -0.25) is 29.0 Å². The summed E-state index contributed by atoms with van der Waals surface area (Å²) in [5, 5.41) is 9.40. The van der Waals surface area contributed by atoms with E-state index in [2.05, 4.69) is 25.1 Å². The Labute approximate surface area is 364 Å². The molecular weight excluding hydrogens is 845 g/mol. The number of nitrogens with zero attached hydrogens (tertiary/aromatic N) is 4. The van der Waals surface area contributed by atoms with Crippen LogP contribution in [-0.4, -0.2) is 133 Å². The molecule has 20 nitrogen and oxygen atoms in total. The summed E-state index contributed by atoms with van der Waals surface area (Å²) in [6, 6.07) is 14.2. The molecule has 2 saturated heterocycles. The monoisotopic (exact) mass is 892 g/mol. The third-order valence-electron chi connectivity index (χ3n) is 10.1. The van der Waals surface area contributed by atoms with E-state index in [0.717, 1.165) is 92.9 Å². The van der Waals surface area contributed by atoms with Crippen molar-refractivity contribution in [3.63, 3.8) is 0 Å². The highest BCUT2D eigenvalue weighted by Gasteiger charge is 2.55. The number of rotatable bonds is 15. The summed E-state index contributed by atoms with van der Waals surface area (Å²) in [7, 11) is 1.09. The molecular formula is C42H48N6O14S. The maximum atomic E-state index is 13.0. The maximum absolute atomic E-state index is 13.0. The van der Waals surface area contributed by atoms with Crippen LogP contribution in [0.25, 0.3) is 26.4 Å². The van der Waals surface area contributed by atoms with E-state index in [1.165, 1.54) is 6.07 Å². The van der Waals surface area contributed by atoms with Crippen molar-refractivity contribution in [2.24, 2.45) is 0 Å². The summed E-state index contributed by atoms with van der Waals surface area (Å²) in [6.45, 7) is 11.4. The minimum atomic E-state index is -1.62. The fraction of sp³-hybridized carbons (Fsp3) is 0.452. The van der Waals surface area contributed by atoms with Gasteiger partial charge in [0.1, 0.15) is 18.1 Å². The molecule has 5 aromatic rings. The smallest absolute Gasteiger partial charge is 0.339 e. The second-order valence-electron chi connectivity index (χ2n) is 15.4. The van der Waals surface area contributed by atoms with Crippen molar-refractivity contribution >= 4 is 67.9 Å². The number of ether oxygens (including phenoxy) is 8. The number of aromatic nitrogens is 3. The van der Waals surface area contributed by atoms with Gasteiger partial charge in [0.05, 0.1) is 42.8 Å². The third-order valence-corrected chi connectivity index (χ3v) is 11.2. The Morgan fingerprint density at radius 2 is 1.59 bits per heavy atom. The van der Waals surface area contributed by atoms with Crippen LogP contribution in [0.5, 0.6) is 5.75 Å². The highest BCUT2D eigenvalue weighted by molar-refractivity contribution is 7.23. The number of morpholine rings is 1. The zero-order chi connectivity index (χ0) is 44.8. The maximum Gasteiger partial charge on any atom is 0.339 e. The molecule has 0 aliphatic carbocycles. The third kappa shape index (κ3) is 10.9. The number of hydrogen-bond donors (Lipinski definition) is 2. The summed E-state index contributed by atoms with van der Waals surface area (Å²) < 4.78 is 53.0. The van der Waals surface area contributed by atoms with Crippen LogP contribution in [0.3, 0.4) is 0 Å². The first-order valence-electron chi connectivity index (χ1n) is 20.0. The van der Waals surface area contributed by atoms with Crippen molar-refractivity contribution in [1.82, 2.24) is 19.4 Å².